The standard InChI is InChI=1S/C23H23FN4/c1-16(2)14-26-15-20-4-3-5-21-22(17-10-12-25-13-11-17)23(27-28(20)21)18-6-8-19(24)9-7-18/h3-13,16,26H,14-15H2,1-2H3. The fourth-order valence-corrected chi connectivity index (χ4v) is 3.36. The van der Waals surface area contributed by atoms with E-state index in [9.17, 15) is 4.39 Å². The average Bonchev–Trinajstić information content (AvgIpc) is 3.09. The van der Waals surface area contributed by atoms with E-state index in [1.165, 1.54) is 12.1 Å². The minimum absolute atomic E-state index is 0.253. The van der Waals surface area contributed by atoms with Gasteiger partial charge in [0, 0.05) is 30.1 Å². The van der Waals surface area contributed by atoms with Gasteiger partial charge in [-0.25, -0.2) is 8.91 Å². The molecular formula is C23H23FN4. The second kappa shape index (κ2) is 7.90. The number of halogens is 1. The van der Waals surface area contributed by atoms with Crippen LogP contribution in [0, 0.1) is 11.7 Å². The Morgan fingerprint density at radius 3 is 2.43 bits per heavy atom. The maximum Gasteiger partial charge on any atom is 0.123 e. The molecule has 0 atom stereocenters. The van der Waals surface area contributed by atoms with Crippen LogP contribution >= 0.6 is 0 Å². The molecule has 0 spiro atoms. The molecule has 1 aromatic carbocycles. The van der Waals surface area contributed by atoms with Crippen LogP contribution in [-0.2, 0) is 6.54 Å². The van der Waals surface area contributed by atoms with Crippen LogP contribution < -0.4 is 5.32 Å². The summed E-state index contributed by atoms with van der Waals surface area (Å²) in [6.07, 6.45) is 3.56. The largest absolute Gasteiger partial charge is 0.311 e. The number of hydrogen-bond acceptors (Lipinski definition) is 3. The first-order valence-electron chi connectivity index (χ1n) is 9.51. The van der Waals surface area contributed by atoms with Crippen LogP contribution in [0.2, 0.25) is 0 Å². The zero-order chi connectivity index (χ0) is 19.5. The van der Waals surface area contributed by atoms with Crippen LogP contribution in [0.4, 0.5) is 4.39 Å². The molecule has 1 N–H and O–H groups in total. The number of rotatable bonds is 6. The van der Waals surface area contributed by atoms with Crippen molar-refractivity contribution in [2.45, 2.75) is 20.4 Å². The third kappa shape index (κ3) is 3.66. The fraction of sp³-hybridized carbons (Fsp3) is 0.217. The van der Waals surface area contributed by atoms with Crippen molar-refractivity contribution in [1.82, 2.24) is 19.9 Å². The Labute approximate surface area is 164 Å². The van der Waals surface area contributed by atoms with Gasteiger partial charge >= 0.3 is 0 Å². The lowest BCUT2D eigenvalue weighted by molar-refractivity contribution is 0.544. The Kier molecular flexibility index (Phi) is 5.17. The van der Waals surface area contributed by atoms with E-state index in [1.807, 2.05) is 16.6 Å². The van der Waals surface area contributed by atoms with Gasteiger partial charge in [0.25, 0.3) is 0 Å². The van der Waals surface area contributed by atoms with E-state index in [0.29, 0.717) is 5.92 Å². The number of fused-ring (bicyclic) bond motifs is 1. The zero-order valence-corrected chi connectivity index (χ0v) is 16.1. The van der Waals surface area contributed by atoms with E-state index in [0.717, 1.165) is 46.7 Å². The van der Waals surface area contributed by atoms with Gasteiger partial charge in [-0.05, 0) is 66.6 Å². The van der Waals surface area contributed by atoms with Crippen LogP contribution in [0.25, 0.3) is 27.9 Å². The summed E-state index contributed by atoms with van der Waals surface area (Å²) in [5.74, 6) is 0.329. The molecule has 28 heavy (non-hydrogen) atoms. The minimum atomic E-state index is -0.253. The Balaban J connectivity index is 1.88. The SMILES string of the molecule is CC(C)CNCc1cccc2c(-c3ccncc3)c(-c3ccc(F)cc3)nn12. The van der Waals surface area contributed by atoms with Gasteiger partial charge < -0.3 is 5.32 Å². The maximum absolute atomic E-state index is 13.5. The molecule has 0 saturated carbocycles. The fourth-order valence-electron chi connectivity index (χ4n) is 3.36. The molecule has 142 valence electrons. The normalized spacial score (nSPS) is 11.4. The van der Waals surface area contributed by atoms with Gasteiger partial charge in [-0.15, -0.1) is 0 Å². The van der Waals surface area contributed by atoms with Crippen LogP contribution in [0.15, 0.2) is 67.0 Å². The molecule has 4 aromatic rings. The summed E-state index contributed by atoms with van der Waals surface area (Å²) in [6, 6.07) is 16.7. The molecule has 0 aliphatic rings. The lowest BCUT2D eigenvalue weighted by Crippen LogP contribution is -2.20. The van der Waals surface area contributed by atoms with Crippen molar-refractivity contribution in [3.8, 4) is 22.4 Å². The van der Waals surface area contributed by atoms with Crippen LogP contribution in [0.1, 0.15) is 19.5 Å². The van der Waals surface area contributed by atoms with Crippen molar-refractivity contribution in [3.63, 3.8) is 0 Å². The molecule has 4 nitrogen and oxygen atoms in total. The van der Waals surface area contributed by atoms with Crippen molar-refractivity contribution >= 4 is 5.52 Å². The highest BCUT2D eigenvalue weighted by atomic mass is 19.1. The summed E-state index contributed by atoms with van der Waals surface area (Å²) in [7, 11) is 0. The van der Waals surface area contributed by atoms with E-state index in [2.05, 4.69) is 42.3 Å². The predicted octanol–water partition coefficient (Wildman–Crippen LogP) is 4.95. The van der Waals surface area contributed by atoms with Crippen molar-refractivity contribution < 1.29 is 4.39 Å². The Morgan fingerprint density at radius 2 is 1.71 bits per heavy atom. The highest BCUT2D eigenvalue weighted by Gasteiger charge is 2.18. The van der Waals surface area contributed by atoms with E-state index in [-0.39, 0.29) is 5.82 Å². The van der Waals surface area contributed by atoms with Crippen LogP contribution in [0.5, 0.6) is 0 Å². The lowest BCUT2D eigenvalue weighted by Gasteiger charge is -2.09. The summed E-state index contributed by atoms with van der Waals surface area (Å²) in [5.41, 5.74) is 5.90. The topological polar surface area (TPSA) is 42.2 Å². The van der Waals surface area contributed by atoms with Gasteiger partial charge in [-0.3, -0.25) is 4.98 Å². The van der Waals surface area contributed by atoms with Crippen LogP contribution in [0.3, 0.4) is 0 Å². The van der Waals surface area contributed by atoms with Crippen molar-refractivity contribution in [2.75, 3.05) is 6.54 Å². The lowest BCUT2D eigenvalue weighted by atomic mass is 10.0. The molecule has 3 heterocycles. The summed E-state index contributed by atoms with van der Waals surface area (Å²) >= 11 is 0. The zero-order valence-electron chi connectivity index (χ0n) is 16.1. The second-order valence-electron chi connectivity index (χ2n) is 7.31. The summed E-state index contributed by atoms with van der Waals surface area (Å²) in [6.45, 7) is 6.06. The molecule has 0 unspecified atom stereocenters. The van der Waals surface area contributed by atoms with Crippen molar-refractivity contribution in [1.29, 1.82) is 0 Å². The molecule has 5 heteroatoms. The van der Waals surface area contributed by atoms with Gasteiger partial charge in [0.2, 0.25) is 0 Å². The molecule has 0 aliphatic heterocycles. The predicted molar refractivity (Wildman–Crippen MR) is 110 cm³/mol. The smallest absolute Gasteiger partial charge is 0.123 e. The molecule has 0 saturated heterocycles. The number of aromatic nitrogens is 3. The first-order chi connectivity index (χ1) is 13.6. The van der Waals surface area contributed by atoms with Gasteiger partial charge in [0.05, 0.1) is 11.2 Å². The van der Waals surface area contributed by atoms with Crippen LogP contribution in [-0.4, -0.2) is 21.1 Å². The van der Waals surface area contributed by atoms with Gasteiger partial charge in [0.1, 0.15) is 11.5 Å². The average molecular weight is 374 g/mol. The maximum atomic E-state index is 13.5. The highest BCUT2D eigenvalue weighted by molar-refractivity contribution is 5.92. The third-order valence-corrected chi connectivity index (χ3v) is 4.68. The van der Waals surface area contributed by atoms with E-state index in [1.54, 1.807) is 24.5 Å². The van der Waals surface area contributed by atoms with E-state index < -0.39 is 0 Å². The van der Waals surface area contributed by atoms with Gasteiger partial charge in [0.15, 0.2) is 0 Å². The number of nitrogens with zero attached hydrogens (tertiary/aromatic N) is 3. The Bertz CT molecular complexity index is 1070. The minimum Gasteiger partial charge on any atom is -0.311 e. The van der Waals surface area contributed by atoms with Crippen molar-refractivity contribution in [3.05, 3.63) is 78.5 Å². The molecular weight excluding hydrogens is 351 g/mol. The summed E-state index contributed by atoms with van der Waals surface area (Å²) < 4.78 is 15.4. The number of nitrogens with one attached hydrogen (secondary N) is 1. The third-order valence-electron chi connectivity index (χ3n) is 4.68. The molecule has 0 bridgehead atoms. The summed E-state index contributed by atoms with van der Waals surface area (Å²) in [4.78, 5) is 4.14. The number of pyridine rings is 2. The molecule has 0 amide bonds. The molecule has 0 fully saturated rings. The highest BCUT2D eigenvalue weighted by Crippen LogP contribution is 2.35. The van der Waals surface area contributed by atoms with Gasteiger partial charge in [-0.1, -0.05) is 19.9 Å². The molecule has 0 radical (unpaired) electrons. The molecule has 0 aliphatic carbocycles. The van der Waals surface area contributed by atoms with Crippen molar-refractivity contribution in [2.24, 2.45) is 5.92 Å². The second-order valence-corrected chi connectivity index (χ2v) is 7.31. The quantitative estimate of drug-likeness (QED) is 0.519. The van der Waals surface area contributed by atoms with Gasteiger partial charge in [-0.2, -0.15) is 5.10 Å². The first kappa shape index (κ1) is 18.3. The monoisotopic (exact) mass is 374 g/mol. The number of benzene rings is 1. The Hall–Kier alpha value is -3.05. The van der Waals surface area contributed by atoms with E-state index in [4.69, 9.17) is 5.10 Å². The summed E-state index contributed by atoms with van der Waals surface area (Å²) in [5, 5.41) is 8.41. The molecule has 4 rings (SSSR count). The van der Waals surface area contributed by atoms with E-state index >= 15 is 0 Å². The molecule has 3 aromatic heterocycles. The Morgan fingerprint density at radius 1 is 0.964 bits per heavy atom. The first-order valence-corrected chi connectivity index (χ1v) is 9.51. The number of hydrogen-bond donors (Lipinski definition) is 1.